The second kappa shape index (κ2) is 3.08. The van der Waals surface area contributed by atoms with Gasteiger partial charge in [0.15, 0.2) is 11.2 Å². The Kier molecular flexibility index (Phi) is 2.11. The van der Waals surface area contributed by atoms with Crippen LogP contribution < -0.4 is 11.2 Å². The lowest BCUT2D eigenvalue weighted by Crippen LogP contribution is -2.34. The molecule has 0 aromatic carbocycles. The summed E-state index contributed by atoms with van der Waals surface area (Å²) in [5.74, 6) is 0. The lowest BCUT2D eigenvalue weighted by molar-refractivity contribution is -0.547. The summed E-state index contributed by atoms with van der Waals surface area (Å²) in [5.41, 5.74) is -3.69. The average Bonchev–Trinajstić information content (AvgIpc) is 2.02. The molecule has 0 radical (unpaired) electrons. The van der Waals surface area contributed by atoms with E-state index in [0.717, 1.165) is 0 Å². The summed E-state index contributed by atoms with van der Waals surface area (Å²) in [6, 6.07) is 0. The van der Waals surface area contributed by atoms with Crippen LogP contribution in [0.4, 0.5) is 5.69 Å². The van der Waals surface area contributed by atoms with Crippen molar-refractivity contribution in [3.63, 3.8) is 0 Å². The second-order valence-corrected chi connectivity index (χ2v) is 2.11. The van der Waals surface area contributed by atoms with E-state index in [1.807, 2.05) is 0 Å². The molecular formula is C4H2N4O6. The first-order valence-electron chi connectivity index (χ1n) is 3.08. The zero-order valence-corrected chi connectivity index (χ0v) is 6.37. The summed E-state index contributed by atoms with van der Waals surface area (Å²) >= 11 is 0. The van der Waals surface area contributed by atoms with Gasteiger partial charge < -0.3 is 0 Å². The molecule has 0 bridgehead atoms. The minimum atomic E-state index is -1.34. The number of nitrogens with zero attached hydrogens (tertiary/aromatic N) is 3. The van der Waals surface area contributed by atoms with Crippen molar-refractivity contribution < 1.29 is 9.96 Å². The molecule has 10 nitrogen and oxygen atoms in total. The van der Waals surface area contributed by atoms with Crippen molar-refractivity contribution >= 4 is 5.69 Å². The van der Waals surface area contributed by atoms with E-state index < -0.39 is 26.9 Å². The second-order valence-electron chi connectivity index (χ2n) is 2.11. The van der Waals surface area contributed by atoms with Crippen LogP contribution in [0.25, 0.3) is 0 Å². The Balaban J connectivity index is 3.59. The molecular weight excluding hydrogens is 200 g/mol. The number of hydrogen-bond donors (Lipinski definition) is 1. The van der Waals surface area contributed by atoms with Gasteiger partial charge >= 0.3 is 16.9 Å². The van der Waals surface area contributed by atoms with E-state index in [9.17, 15) is 29.8 Å². The quantitative estimate of drug-likeness (QED) is 0.456. The van der Waals surface area contributed by atoms with Gasteiger partial charge in [-0.1, -0.05) is 0 Å². The topological polar surface area (TPSA) is 141 Å². The van der Waals surface area contributed by atoms with Crippen molar-refractivity contribution in [1.82, 2.24) is 9.66 Å². The molecule has 1 aromatic rings. The van der Waals surface area contributed by atoms with Gasteiger partial charge in [0.1, 0.15) is 0 Å². The molecule has 0 aliphatic heterocycles. The number of H-pyrrole nitrogens is 1. The van der Waals surface area contributed by atoms with E-state index in [1.165, 1.54) is 4.98 Å². The predicted octanol–water partition coefficient (Wildman–Crippen LogP) is -1.52. The standard InChI is InChI=1S/C4H2N4O6/c9-3-2(7(11)12)1-6(8(13)14)4(10)5-3/h1H,(H,5,9,10). The summed E-state index contributed by atoms with van der Waals surface area (Å²) in [5, 5.41) is 19.1. The van der Waals surface area contributed by atoms with Crippen LogP contribution >= 0.6 is 0 Å². The Morgan fingerprint density at radius 2 is 1.86 bits per heavy atom. The zero-order chi connectivity index (χ0) is 10.9. The van der Waals surface area contributed by atoms with E-state index in [1.54, 1.807) is 0 Å². The molecule has 0 saturated heterocycles. The summed E-state index contributed by atoms with van der Waals surface area (Å²) in [7, 11) is 0. The maximum absolute atomic E-state index is 10.7. The molecule has 0 aliphatic rings. The monoisotopic (exact) mass is 202 g/mol. The van der Waals surface area contributed by atoms with Gasteiger partial charge in [0, 0.05) is 0 Å². The molecule has 0 spiro atoms. The third-order valence-electron chi connectivity index (χ3n) is 1.28. The summed E-state index contributed by atoms with van der Waals surface area (Å²) in [4.78, 5) is 42.0. The van der Waals surface area contributed by atoms with Crippen molar-refractivity contribution in [3.05, 3.63) is 47.3 Å². The highest BCUT2D eigenvalue weighted by molar-refractivity contribution is 5.19. The average molecular weight is 202 g/mol. The maximum Gasteiger partial charge on any atom is 0.387 e. The molecule has 74 valence electrons. The minimum absolute atomic E-state index is 0.181. The molecule has 1 aromatic heterocycles. The fraction of sp³-hybridized carbons (Fsp3) is 0. The van der Waals surface area contributed by atoms with Crippen LogP contribution in [0.5, 0.6) is 0 Å². The van der Waals surface area contributed by atoms with Crippen LogP contribution in [0.2, 0.25) is 0 Å². The molecule has 1 rings (SSSR count). The van der Waals surface area contributed by atoms with Gasteiger partial charge in [-0.2, -0.15) is 0 Å². The minimum Gasteiger partial charge on any atom is -0.264 e. The van der Waals surface area contributed by atoms with Crippen LogP contribution in [-0.4, -0.2) is 19.6 Å². The van der Waals surface area contributed by atoms with Gasteiger partial charge in [-0.3, -0.25) is 19.9 Å². The molecule has 0 unspecified atom stereocenters. The molecule has 0 fully saturated rings. The Hall–Kier alpha value is -2.52. The number of aromatic amines is 1. The van der Waals surface area contributed by atoms with Gasteiger partial charge in [0.2, 0.25) is 0 Å². The largest absolute Gasteiger partial charge is 0.387 e. The van der Waals surface area contributed by atoms with Gasteiger partial charge in [-0.25, -0.2) is 14.9 Å². The highest BCUT2D eigenvalue weighted by Crippen LogP contribution is 1.97. The first-order valence-corrected chi connectivity index (χ1v) is 3.08. The number of nitro groups is 2. The Morgan fingerprint density at radius 1 is 1.29 bits per heavy atom. The van der Waals surface area contributed by atoms with E-state index >= 15 is 0 Å². The SMILES string of the molecule is O=c1[nH]c(=O)n([N+](=O)[O-])cc1[N+](=O)[O-]. The smallest absolute Gasteiger partial charge is 0.264 e. The fourth-order valence-electron chi connectivity index (χ4n) is 0.703. The third-order valence-corrected chi connectivity index (χ3v) is 1.28. The summed E-state index contributed by atoms with van der Waals surface area (Å²) in [6.45, 7) is 0. The number of aromatic nitrogens is 2. The Labute approximate surface area is 73.7 Å². The van der Waals surface area contributed by atoms with Crippen LogP contribution in [0, 0.1) is 20.2 Å². The van der Waals surface area contributed by atoms with Gasteiger partial charge in [0.25, 0.3) is 0 Å². The highest BCUT2D eigenvalue weighted by atomic mass is 16.7. The number of rotatable bonds is 2. The molecule has 0 aliphatic carbocycles. The van der Waals surface area contributed by atoms with Crippen LogP contribution in [-0.2, 0) is 0 Å². The molecule has 0 saturated carbocycles. The molecule has 1 N–H and O–H groups in total. The van der Waals surface area contributed by atoms with E-state index in [-0.39, 0.29) is 10.9 Å². The van der Waals surface area contributed by atoms with Crippen molar-refractivity contribution in [2.24, 2.45) is 0 Å². The number of hydrogen-bond acceptors (Lipinski definition) is 6. The molecule has 10 heteroatoms. The van der Waals surface area contributed by atoms with Crippen molar-refractivity contribution in [2.75, 3.05) is 0 Å². The molecule has 14 heavy (non-hydrogen) atoms. The summed E-state index contributed by atoms with van der Waals surface area (Å²) in [6.07, 6.45) is 0.251. The Morgan fingerprint density at radius 3 is 2.29 bits per heavy atom. The lowest BCUT2D eigenvalue weighted by atomic mass is 10.5. The number of nitrogens with one attached hydrogen (secondary N) is 1. The third kappa shape index (κ3) is 1.48. The van der Waals surface area contributed by atoms with E-state index in [4.69, 9.17) is 0 Å². The lowest BCUT2D eigenvalue weighted by Gasteiger charge is -1.92. The highest BCUT2D eigenvalue weighted by Gasteiger charge is 2.19. The van der Waals surface area contributed by atoms with Crippen LogP contribution in [0.15, 0.2) is 15.8 Å². The van der Waals surface area contributed by atoms with Crippen molar-refractivity contribution in [2.45, 2.75) is 0 Å². The van der Waals surface area contributed by atoms with Gasteiger partial charge in [-0.05, 0) is 4.68 Å². The van der Waals surface area contributed by atoms with Crippen LogP contribution in [0.3, 0.4) is 0 Å². The maximum atomic E-state index is 10.7. The molecule has 1 heterocycles. The normalized spacial score (nSPS) is 9.71. The molecule has 0 atom stereocenters. The Bertz CT molecular complexity index is 468. The van der Waals surface area contributed by atoms with E-state index in [0.29, 0.717) is 0 Å². The van der Waals surface area contributed by atoms with Crippen LogP contribution in [0.1, 0.15) is 0 Å². The first kappa shape index (κ1) is 9.57. The van der Waals surface area contributed by atoms with Gasteiger partial charge in [0.05, 0.1) is 4.92 Å². The fourth-order valence-corrected chi connectivity index (χ4v) is 0.703. The van der Waals surface area contributed by atoms with Crippen molar-refractivity contribution in [1.29, 1.82) is 0 Å². The zero-order valence-electron chi connectivity index (χ0n) is 6.37. The summed E-state index contributed by atoms with van der Waals surface area (Å²) < 4.78 is -0.181. The molecule has 0 amide bonds. The van der Waals surface area contributed by atoms with Crippen molar-refractivity contribution in [3.8, 4) is 0 Å². The predicted molar refractivity (Wildman–Crippen MR) is 40.4 cm³/mol. The van der Waals surface area contributed by atoms with E-state index in [2.05, 4.69) is 0 Å². The first-order chi connectivity index (χ1) is 6.43. The van der Waals surface area contributed by atoms with Gasteiger partial charge in [-0.15, -0.1) is 0 Å².